The van der Waals surface area contributed by atoms with Crippen molar-refractivity contribution in [3.8, 4) is 0 Å². The zero-order valence-electron chi connectivity index (χ0n) is 11.1. The van der Waals surface area contributed by atoms with Gasteiger partial charge in [0.1, 0.15) is 11.6 Å². The molecule has 0 heterocycles. The Hall–Kier alpha value is -2.56. The molecular formula is C16H12F2O3. The Morgan fingerprint density at radius 1 is 1.00 bits per heavy atom. The van der Waals surface area contributed by atoms with E-state index in [2.05, 4.69) is 0 Å². The van der Waals surface area contributed by atoms with Gasteiger partial charge < -0.3 is 5.11 Å². The van der Waals surface area contributed by atoms with Crippen LogP contribution in [-0.2, 0) is 4.79 Å². The van der Waals surface area contributed by atoms with Crippen molar-refractivity contribution in [1.29, 1.82) is 0 Å². The van der Waals surface area contributed by atoms with Crippen LogP contribution >= 0.6 is 0 Å². The van der Waals surface area contributed by atoms with Crippen LogP contribution in [0.4, 0.5) is 8.78 Å². The van der Waals surface area contributed by atoms with Gasteiger partial charge in [0.15, 0.2) is 5.78 Å². The largest absolute Gasteiger partial charge is 0.481 e. The summed E-state index contributed by atoms with van der Waals surface area (Å²) in [5, 5.41) is 8.90. The molecule has 2 rings (SSSR count). The number of benzene rings is 2. The minimum Gasteiger partial charge on any atom is -0.481 e. The zero-order chi connectivity index (χ0) is 15.6. The fraction of sp³-hybridized carbons (Fsp3) is 0.125. The number of hydrogen-bond donors (Lipinski definition) is 1. The second-order valence-electron chi connectivity index (χ2n) is 4.61. The Labute approximate surface area is 119 Å². The lowest BCUT2D eigenvalue weighted by molar-refractivity contribution is -0.138. The molecule has 5 heteroatoms. The molecule has 0 radical (unpaired) electrons. The van der Waals surface area contributed by atoms with Gasteiger partial charge in [0.05, 0.1) is 11.5 Å². The summed E-state index contributed by atoms with van der Waals surface area (Å²) in [4.78, 5) is 23.0. The lowest BCUT2D eigenvalue weighted by Gasteiger charge is -2.08. The van der Waals surface area contributed by atoms with E-state index in [1.807, 2.05) is 0 Å². The second kappa shape index (κ2) is 5.83. The molecule has 0 aromatic heterocycles. The average molecular weight is 290 g/mol. The molecule has 0 fully saturated rings. The molecule has 2 aromatic rings. The number of carboxylic acids is 1. The van der Waals surface area contributed by atoms with Gasteiger partial charge >= 0.3 is 5.97 Å². The smallest absolute Gasteiger partial charge is 0.310 e. The molecule has 0 bridgehead atoms. The highest BCUT2D eigenvalue weighted by Crippen LogP contribution is 2.20. The number of ketones is 1. The number of halogens is 2. The van der Waals surface area contributed by atoms with E-state index in [4.69, 9.17) is 5.11 Å². The molecule has 1 N–H and O–H groups in total. The second-order valence-corrected chi connectivity index (χ2v) is 4.61. The quantitative estimate of drug-likeness (QED) is 0.878. The summed E-state index contributed by atoms with van der Waals surface area (Å²) in [5.41, 5.74) is -0.00933. The number of hydrogen-bond acceptors (Lipinski definition) is 2. The van der Waals surface area contributed by atoms with Crippen molar-refractivity contribution in [1.82, 2.24) is 0 Å². The van der Waals surface area contributed by atoms with E-state index in [0.717, 1.165) is 12.1 Å². The molecule has 0 saturated heterocycles. The summed E-state index contributed by atoms with van der Waals surface area (Å²) in [7, 11) is 0. The molecule has 108 valence electrons. The van der Waals surface area contributed by atoms with E-state index < -0.39 is 34.9 Å². The van der Waals surface area contributed by atoms with Crippen molar-refractivity contribution in [3.05, 3.63) is 70.8 Å². The summed E-state index contributed by atoms with van der Waals surface area (Å²) in [6, 6.07) is 8.86. The van der Waals surface area contributed by atoms with E-state index in [1.54, 1.807) is 0 Å². The van der Waals surface area contributed by atoms with E-state index in [-0.39, 0.29) is 5.56 Å². The van der Waals surface area contributed by atoms with Gasteiger partial charge in [-0.1, -0.05) is 30.3 Å². The predicted molar refractivity (Wildman–Crippen MR) is 72.3 cm³/mol. The molecule has 0 spiro atoms. The van der Waals surface area contributed by atoms with E-state index in [1.165, 1.54) is 37.3 Å². The van der Waals surface area contributed by atoms with Crippen LogP contribution in [0.15, 0.2) is 42.5 Å². The average Bonchev–Trinajstić information content (AvgIpc) is 2.46. The Morgan fingerprint density at radius 2 is 1.52 bits per heavy atom. The predicted octanol–water partition coefficient (Wildman–Crippen LogP) is 3.38. The highest BCUT2D eigenvalue weighted by Gasteiger charge is 2.19. The van der Waals surface area contributed by atoms with Gasteiger partial charge in [-0.05, 0) is 24.6 Å². The maximum Gasteiger partial charge on any atom is 0.310 e. The molecule has 0 saturated carbocycles. The number of carbonyl (C=O) groups excluding carboxylic acids is 1. The molecule has 1 atom stereocenters. The van der Waals surface area contributed by atoms with Gasteiger partial charge in [-0.25, -0.2) is 8.78 Å². The van der Waals surface area contributed by atoms with Gasteiger partial charge in [-0.3, -0.25) is 9.59 Å². The third-order valence-electron chi connectivity index (χ3n) is 3.23. The van der Waals surface area contributed by atoms with Crippen molar-refractivity contribution >= 4 is 11.8 Å². The lowest BCUT2D eigenvalue weighted by atomic mass is 9.97. The maximum absolute atomic E-state index is 13.6. The molecule has 2 aromatic carbocycles. The summed E-state index contributed by atoms with van der Waals surface area (Å²) in [6.07, 6.45) is 0. The summed E-state index contributed by atoms with van der Waals surface area (Å²) < 4.78 is 27.1. The minimum absolute atomic E-state index is 0.0975. The van der Waals surface area contributed by atoms with Crippen LogP contribution in [0.1, 0.15) is 34.3 Å². The fourth-order valence-electron chi connectivity index (χ4n) is 1.92. The molecule has 3 nitrogen and oxygen atoms in total. The van der Waals surface area contributed by atoms with E-state index in [0.29, 0.717) is 5.56 Å². The number of carbonyl (C=O) groups is 2. The molecule has 0 aliphatic heterocycles. The van der Waals surface area contributed by atoms with E-state index >= 15 is 0 Å². The third kappa shape index (κ3) is 2.97. The SMILES string of the molecule is CC(C(=O)O)c1ccc(C(=O)c2c(F)cccc2F)cc1. The third-order valence-corrected chi connectivity index (χ3v) is 3.23. The van der Waals surface area contributed by atoms with E-state index in [9.17, 15) is 18.4 Å². The first-order valence-corrected chi connectivity index (χ1v) is 6.23. The van der Waals surface area contributed by atoms with Crippen molar-refractivity contribution in [2.45, 2.75) is 12.8 Å². The highest BCUT2D eigenvalue weighted by atomic mass is 19.1. The lowest BCUT2D eigenvalue weighted by Crippen LogP contribution is -2.09. The molecule has 0 aliphatic carbocycles. The first kappa shape index (κ1) is 14.8. The number of carboxylic acid groups (broad SMARTS) is 1. The molecule has 0 amide bonds. The summed E-state index contributed by atoms with van der Waals surface area (Å²) in [5.74, 6) is -4.35. The van der Waals surface area contributed by atoms with Gasteiger partial charge in [0.25, 0.3) is 0 Å². The molecule has 1 unspecified atom stereocenters. The van der Waals surface area contributed by atoms with Crippen molar-refractivity contribution in [2.24, 2.45) is 0 Å². The minimum atomic E-state index is -0.991. The summed E-state index contributed by atoms with van der Waals surface area (Å²) in [6.45, 7) is 1.51. The van der Waals surface area contributed by atoms with Crippen LogP contribution in [0.3, 0.4) is 0 Å². The zero-order valence-corrected chi connectivity index (χ0v) is 11.1. The summed E-state index contributed by atoms with van der Waals surface area (Å²) >= 11 is 0. The molecule has 21 heavy (non-hydrogen) atoms. The van der Waals surface area contributed by atoms with Crippen molar-refractivity contribution in [2.75, 3.05) is 0 Å². The monoisotopic (exact) mass is 290 g/mol. The Balaban J connectivity index is 2.35. The number of aliphatic carboxylic acids is 1. The standard InChI is InChI=1S/C16H12F2O3/c1-9(16(20)21)10-5-7-11(8-6-10)15(19)14-12(17)3-2-4-13(14)18/h2-9H,1H3,(H,20,21). The van der Waals surface area contributed by atoms with Crippen LogP contribution in [0.2, 0.25) is 0 Å². The maximum atomic E-state index is 13.6. The van der Waals surface area contributed by atoms with Gasteiger partial charge in [-0.15, -0.1) is 0 Å². The van der Waals surface area contributed by atoms with Gasteiger partial charge in [-0.2, -0.15) is 0 Å². The Morgan fingerprint density at radius 3 is 2.00 bits per heavy atom. The van der Waals surface area contributed by atoms with Gasteiger partial charge in [0, 0.05) is 5.56 Å². The normalized spacial score (nSPS) is 12.0. The molecular weight excluding hydrogens is 278 g/mol. The Kier molecular flexibility index (Phi) is 4.12. The first-order chi connectivity index (χ1) is 9.91. The van der Waals surface area contributed by atoms with Crippen LogP contribution in [0.25, 0.3) is 0 Å². The van der Waals surface area contributed by atoms with Crippen LogP contribution in [0.5, 0.6) is 0 Å². The first-order valence-electron chi connectivity index (χ1n) is 6.23. The number of rotatable bonds is 4. The van der Waals surface area contributed by atoms with Crippen LogP contribution in [-0.4, -0.2) is 16.9 Å². The molecule has 0 aliphatic rings. The fourth-order valence-corrected chi connectivity index (χ4v) is 1.92. The highest BCUT2D eigenvalue weighted by molar-refractivity contribution is 6.09. The van der Waals surface area contributed by atoms with Crippen molar-refractivity contribution < 1.29 is 23.5 Å². The van der Waals surface area contributed by atoms with Crippen molar-refractivity contribution in [3.63, 3.8) is 0 Å². The topological polar surface area (TPSA) is 54.4 Å². The Bertz CT molecular complexity index is 673. The van der Waals surface area contributed by atoms with Crippen LogP contribution in [0, 0.1) is 11.6 Å². The van der Waals surface area contributed by atoms with Gasteiger partial charge in [0.2, 0.25) is 0 Å². The van der Waals surface area contributed by atoms with Crippen LogP contribution < -0.4 is 0 Å².